The number of halogens is 1. The molecule has 6 nitrogen and oxygen atoms in total. The highest BCUT2D eigenvalue weighted by molar-refractivity contribution is 5.89. The van der Waals surface area contributed by atoms with Crippen LogP contribution in [0.25, 0.3) is 0 Å². The summed E-state index contributed by atoms with van der Waals surface area (Å²) in [5.74, 6) is -0.335. The fraction of sp³-hybridized carbons (Fsp3) is 0.421. The third kappa shape index (κ3) is 3.61. The maximum Gasteiger partial charge on any atom is 0.416 e. The molecule has 0 bridgehead atoms. The Morgan fingerprint density at radius 3 is 2.62 bits per heavy atom. The average Bonchev–Trinajstić information content (AvgIpc) is 2.99. The van der Waals surface area contributed by atoms with E-state index in [9.17, 15) is 9.18 Å². The van der Waals surface area contributed by atoms with Gasteiger partial charge in [0.2, 0.25) is 5.95 Å². The molecule has 0 unspecified atom stereocenters. The summed E-state index contributed by atoms with van der Waals surface area (Å²) < 4.78 is 19.4. The zero-order valence-electron chi connectivity index (χ0n) is 15.4. The first-order chi connectivity index (χ1) is 12.4. The Hall–Kier alpha value is -2.70. The van der Waals surface area contributed by atoms with E-state index in [2.05, 4.69) is 15.3 Å². The molecule has 2 atom stereocenters. The lowest BCUT2D eigenvalue weighted by Gasteiger charge is -2.24. The number of aryl methyl sites for hydroxylation is 1. The smallest absolute Gasteiger partial charge is 0.416 e. The molecule has 2 aromatic rings. The van der Waals surface area contributed by atoms with E-state index >= 15 is 0 Å². The van der Waals surface area contributed by atoms with Crippen LogP contribution in [0.3, 0.4) is 0 Å². The van der Waals surface area contributed by atoms with Crippen molar-refractivity contribution in [3.05, 3.63) is 47.4 Å². The number of nitrogens with one attached hydrogen (secondary N) is 1. The molecule has 1 aromatic carbocycles. The molecule has 1 fully saturated rings. The third-order valence-electron chi connectivity index (χ3n) is 4.55. The van der Waals surface area contributed by atoms with Crippen LogP contribution in [0, 0.1) is 18.7 Å². The largest absolute Gasteiger partial charge is 0.447 e. The quantitative estimate of drug-likeness (QED) is 0.872. The maximum absolute atomic E-state index is 14.3. The average molecular weight is 358 g/mol. The predicted molar refractivity (Wildman–Crippen MR) is 97.7 cm³/mol. The van der Waals surface area contributed by atoms with Gasteiger partial charge in [-0.05, 0) is 25.3 Å². The van der Waals surface area contributed by atoms with Gasteiger partial charge in [-0.3, -0.25) is 4.90 Å². The van der Waals surface area contributed by atoms with Gasteiger partial charge >= 0.3 is 6.09 Å². The lowest BCUT2D eigenvalue weighted by atomic mass is 10.0. The highest BCUT2D eigenvalue weighted by atomic mass is 19.1. The van der Waals surface area contributed by atoms with E-state index in [1.165, 1.54) is 10.5 Å². The second-order valence-electron chi connectivity index (χ2n) is 6.90. The van der Waals surface area contributed by atoms with Gasteiger partial charge < -0.3 is 10.1 Å². The van der Waals surface area contributed by atoms with Crippen LogP contribution in [0.4, 0.5) is 21.0 Å². The van der Waals surface area contributed by atoms with E-state index in [1.54, 1.807) is 0 Å². The van der Waals surface area contributed by atoms with Gasteiger partial charge in [-0.25, -0.2) is 14.2 Å². The topological polar surface area (TPSA) is 67.4 Å². The molecule has 138 valence electrons. The highest BCUT2D eigenvalue weighted by Gasteiger charge is 2.38. The number of hydrogen-bond acceptors (Lipinski definition) is 5. The van der Waals surface area contributed by atoms with Crippen molar-refractivity contribution < 1.29 is 13.9 Å². The second-order valence-corrected chi connectivity index (χ2v) is 6.90. The molecule has 0 aliphatic carbocycles. The fourth-order valence-corrected chi connectivity index (χ4v) is 2.90. The molecule has 1 saturated heterocycles. The maximum atomic E-state index is 14.3. The monoisotopic (exact) mass is 358 g/mol. The number of hydrogen-bond donors (Lipinski definition) is 1. The summed E-state index contributed by atoms with van der Waals surface area (Å²) in [5, 5.41) is 3.16. The number of cyclic esters (lactones) is 1. The Bertz CT molecular complexity index is 795. The van der Waals surface area contributed by atoms with Crippen LogP contribution in [0.15, 0.2) is 30.5 Å². The summed E-state index contributed by atoms with van der Waals surface area (Å²) in [5.41, 5.74) is 2.24. The molecular weight excluding hydrogens is 335 g/mol. The lowest BCUT2D eigenvalue weighted by Crippen LogP contribution is -2.38. The van der Waals surface area contributed by atoms with Crippen molar-refractivity contribution >= 4 is 17.9 Å². The van der Waals surface area contributed by atoms with E-state index in [-0.39, 0.29) is 36.4 Å². The first-order valence-corrected chi connectivity index (χ1v) is 8.68. The minimum atomic E-state index is -0.650. The number of rotatable bonds is 5. The summed E-state index contributed by atoms with van der Waals surface area (Å²) in [6.45, 7) is 8.13. The molecule has 1 aliphatic rings. The molecule has 1 aliphatic heterocycles. The number of amides is 1. The summed E-state index contributed by atoms with van der Waals surface area (Å²) >= 11 is 0. The molecule has 0 saturated carbocycles. The lowest BCUT2D eigenvalue weighted by molar-refractivity contribution is 0.177. The number of benzene rings is 1. The van der Waals surface area contributed by atoms with E-state index in [4.69, 9.17) is 4.74 Å². The van der Waals surface area contributed by atoms with Crippen molar-refractivity contribution in [1.82, 2.24) is 9.97 Å². The number of nitrogens with zero attached hydrogens (tertiary/aromatic N) is 3. The van der Waals surface area contributed by atoms with Crippen LogP contribution < -0.4 is 10.2 Å². The summed E-state index contributed by atoms with van der Waals surface area (Å²) in [4.78, 5) is 21.6. The van der Waals surface area contributed by atoms with E-state index in [0.717, 1.165) is 11.8 Å². The standard InChI is InChI=1S/C19H23FN4O2/c1-11(2)16-10-26-19(25)24(16)17-15(20)9-21-18(23-17)22-13(4)14-7-5-12(3)6-8-14/h5-9,11,13,16H,10H2,1-4H3,(H,21,22,23)/t13-,16+/m0/s1. The Labute approximate surface area is 152 Å². The molecular formula is C19H23FN4O2. The van der Waals surface area contributed by atoms with E-state index < -0.39 is 11.9 Å². The van der Waals surface area contributed by atoms with Gasteiger partial charge in [-0.1, -0.05) is 43.7 Å². The molecule has 1 N–H and O–H groups in total. The van der Waals surface area contributed by atoms with Crippen molar-refractivity contribution in [2.75, 3.05) is 16.8 Å². The normalized spacial score (nSPS) is 18.2. The van der Waals surface area contributed by atoms with Gasteiger partial charge in [0.1, 0.15) is 6.61 Å². The Morgan fingerprint density at radius 2 is 1.96 bits per heavy atom. The van der Waals surface area contributed by atoms with Crippen molar-refractivity contribution in [1.29, 1.82) is 0 Å². The van der Waals surface area contributed by atoms with Gasteiger partial charge in [-0.2, -0.15) is 4.98 Å². The molecule has 0 radical (unpaired) electrons. The zero-order chi connectivity index (χ0) is 18.8. The van der Waals surface area contributed by atoms with Gasteiger partial charge in [0.25, 0.3) is 0 Å². The van der Waals surface area contributed by atoms with Crippen LogP contribution in [-0.2, 0) is 4.74 Å². The minimum absolute atomic E-state index is 0.0557. The molecule has 1 amide bonds. The van der Waals surface area contributed by atoms with Crippen LogP contribution >= 0.6 is 0 Å². The van der Waals surface area contributed by atoms with Crippen molar-refractivity contribution in [2.24, 2.45) is 5.92 Å². The molecule has 7 heteroatoms. The second kappa shape index (κ2) is 7.27. The van der Waals surface area contributed by atoms with Crippen molar-refractivity contribution in [2.45, 2.75) is 39.8 Å². The van der Waals surface area contributed by atoms with Crippen molar-refractivity contribution in [3.8, 4) is 0 Å². The molecule has 26 heavy (non-hydrogen) atoms. The van der Waals surface area contributed by atoms with E-state index in [1.807, 2.05) is 52.0 Å². The number of carbonyl (C=O) groups excluding carboxylic acids is 1. The van der Waals surface area contributed by atoms with Gasteiger partial charge in [0.05, 0.1) is 18.3 Å². The summed E-state index contributed by atoms with van der Waals surface area (Å²) in [7, 11) is 0. The number of ether oxygens (including phenoxy) is 1. The predicted octanol–water partition coefficient (Wildman–Crippen LogP) is 4.08. The van der Waals surface area contributed by atoms with Gasteiger partial charge in [0, 0.05) is 0 Å². The van der Waals surface area contributed by atoms with Crippen molar-refractivity contribution in [3.63, 3.8) is 0 Å². The highest BCUT2D eigenvalue weighted by Crippen LogP contribution is 2.28. The Morgan fingerprint density at radius 1 is 1.27 bits per heavy atom. The molecule has 0 spiro atoms. The SMILES string of the molecule is Cc1ccc([C@H](C)Nc2ncc(F)c(N3C(=O)OC[C@@H]3C(C)C)n2)cc1. The number of carbonyl (C=O) groups is 1. The molecule has 3 rings (SSSR count). The number of aromatic nitrogens is 2. The first kappa shape index (κ1) is 18.1. The summed E-state index contributed by atoms with van der Waals surface area (Å²) in [6, 6.07) is 7.76. The number of anilines is 2. The third-order valence-corrected chi connectivity index (χ3v) is 4.55. The summed E-state index contributed by atoms with van der Waals surface area (Å²) in [6.07, 6.45) is 0.494. The zero-order valence-corrected chi connectivity index (χ0v) is 15.4. The molecule has 2 heterocycles. The van der Waals surface area contributed by atoms with Gasteiger partial charge in [0.15, 0.2) is 11.6 Å². The first-order valence-electron chi connectivity index (χ1n) is 8.68. The van der Waals surface area contributed by atoms with Crippen LogP contribution in [0.2, 0.25) is 0 Å². The van der Waals surface area contributed by atoms with E-state index in [0.29, 0.717) is 0 Å². The van der Waals surface area contributed by atoms with Gasteiger partial charge in [-0.15, -0.1) is 0 Å². The minimum Gasteiger partial charge on any atom is -0.447 e. The Kier molecular flexibility index (Phi) is 5.06. The fourth-order valence-electron chi connectivity index (χ4n) is 2.90. The van der Waals surface area contributed by atoms with Crippen LogP contribution in [0.5, 0.6) is 0 Å². The Balaban J connectivity index is 1.85. The molecule has 1 aromatic heterocycles. The van der Waals surface area contributed by atoms with Crippen LogP contribution in [-0.4, -0.2) is 28.7 Å². The van der Waals surface area contributed by atoms with Crippen LogP contribution in [0.1, 0.15) is 37.9 Å².